The van der Waals surface area contributed by atoms with Gasteiger partial charge >= 0.3 is 5.97 Å². The van der Waals surface area contributed by atoms with Gasteiger partial charge in [-0.3, -0.25) is 9.20 Å². The highest BCUT2D eigenvalue weighted by Gasteiger charge is 2.25. The fourth-order valence-corrected chi connectivity index (χ4v) is 4.45. The monoisotopic (exact) mass is 523 g/mol. The lowest BCUT2D eigenvalue weighted by molar-refractivity contribution is -0.159. The first-order valence-electron chi connectivity index (χ1n) is 13.2. The average molecular weight is 524 g/mol. The molecule has 0 spiro atoms. The van der Waals surface area contributed by atoms with E-state index in [0.29, 0.717) is 43.0 Å². The molecular formula is C32H33N3O4. The predicted octanol–water partition coefficient (Wildman–Crippen LogP) is 6.46. The summed E-state index contributed by atoms with van der Waals surface area (Å²) in [7, 11) is 0. The van der Waals surface area contributed by atoms with Crippen LogP contribution in [-0.4, -0.2) is 32.2 Å². The molecule has 5 rings (SSSR count). The first kappa shape index (κ1) is 26.2. The Kier molecular flexibility index (Phi) is 7.50. The smallest absolute Gasteiger partial charge is 0.314 e. The Morgan fingerprint density at radius 3 is 2.13 bits per heavy atom. The van der Waals surface area contributed by atoms with Crippen molar-refractivity contribution in [1.82, 2.24) is 14.4 Å². The third-order valence-electron chi connectivity index (χ3n) is 6.58. The Morgan fingerprint density at radius 1 is 0.897 bits per heavy atom. The summed E-state index contributed by atoms with van der Waals surface area (Å²) in [4.78, 5) is 22.5. The average Bonchev–Trinajstić information content (AvgIpc) is 3.26. The van der Waals surface area contributed by atoms with Gasteiger partial charge in [0.25, 0.3) is 0 Å². The molecule has 0 bridgehead atoms. The van der Waals surface area contributed by atoms with Gasteiger partial charge in [-0.25, -0.2) is 9.97 Å². The number of aliphatic hydroxyl groups excluding tert-OH is 1. The summed E-state index contributed by atoms with van der Waals surface area (Å²) in [6.45, 7) is 5.20. The molecule has 200 valence electrons. The van der Waals surface area contributed by atoms with Gasteiger partial charge in [0.1, 0.15) is 5.69 Å². The van der Waals surface area contributed by atoms with Gasteiger partial charge in [0.15, 0.2) is 5.65 Å². The second kappa shape index (κ2) is 11.2. The van der Waals surface area contributed by atoms with E-state index in [0.717, 1.165) is 33.8 Å². The minimum atomic E-state index is -0.637. The Morgan fingerprint density at radius 2 is 1.54 bits per heavy atom. The highest BCUT2D eigenvalue weighted by atomic mass is 16.7. The zero-order chi connectivity index (χ0) is 27.4. The molecule has 0 saturated carbocycles. The minimum Gasteiger partial charge on any atom is -0.512 e. The maximum absolute atomic E-state index is 12.4. The van der Waals surface area contributed by atoms with Crippen molar-refractivity contribution in [2.75, 3.05) is 6.79 Å². The molecule has 2 aromatic carbocycles. The molecule has 0 unspecified atom stereocenters. The molecule has 39 heavy (non-hydrogen) atoms. The number of aliphatic hydroxyl groups is 1. The number of hydrogen-bond acceptors (Lipinski definition) is 6. The van der Waals surface area contributed by atoms with Crippen molar-refractivity contribution in [3.63, 3.8) is 0 Å². The molecule has 7 heteroatoms. The molecule has 0 amide bonds. The summed E-state index contributed by atoms with van der Waals surface area (Å²) in [5, 5.41) is 9.90. The van der Waals surface area contributed by atoms with Crippen LogP contribution in [-0.2, 0) is 22.4 Å². The van der Waals surface area contributed by atoms with Crippen molar-refractivity contribution < 1.29 is 19.4 Å². The van der Waals surface area contributed by atoms with E-state index >= 15 is 0 Å². The van der Waals surface area contributed by atoms with E-state index in [1.54, 1.807) is 6.08 Å². The first-order valence-corrected chi connectivity index (χ1v) is 13.2. The van der Waals surface area contributed by atoms with Crippen LogP contribution >= 0.6 is 0 Å². The van der Waals surface area contributed by atoms with E-state index in [-0.39, 0.29) is 12.8 Å². The molecule has 1 N–H and O–H groups in total. The van der Waals surface area contributed by atoms with Crippen LogP contribution in [0.3, 0.4) is 0 Å². The van der Waals surface area contributed by atoms with E-state index in [1.807, 2.05) is 86.0 Å². The predicted molar refractivity (Wildman–Crippen MR) is 150 cm³/mol. The highest BCUT2D eigenvalue weighted by Crippen LogP contribution is 2.31. The molecule has 4 aromatic rings. The summed E-state index contributed by atoms with van der Waals surface area (Å²) in [6, 6.07) is 20.2. The highest BCUT2D eigenvalue weighted by molar-refractivity contribution is 5.75. The number of allylic oxidation sites excluding steroid dienone is 4. The number of hydrogen-bond donors (Lipinski definition) is 1. The van der Waals surface area contributed by atoms with E-state index < -0.39 is 5.41 Å². The molecular weight excluding hydrogens is 490 g/mol. The number of aromatic nitrogens is 3. The number of esters is 1. The summed E-state index contributed by atoms with van der Waals surface area (Å²) >= 11 is 0. The summed E-state index contributed by atoms with van der Waals surface area (Å²) in [5.41, 5.74) is 5.62. The van der Waals surface area contributed by atoms with Gasteiger partial charge in [-0.15, -0.1) is 0 Å². The molecule has 0 saturated heterocycles. The van der Waals surface area contributed by atoms with Crippen LogP contribution in [0.15, 0.2) is 84.8 Å². The second-order valence-corrected chi connectivity index (χ2v) is 10.7. The SMILES string of the molecule is CC(C)(C)C(=O)OCOc1c(Cc2ccccc2)nc2c(Cc3ccccc3)nc(C3=CC=C(O)CC3)cn12. The normalized spacial score (nSPS) is 13.6. The number of carbonyl (C=O) groups excluding carboxylic acids is 1. The number of fused-ring (bicyclic) bond motifs is 1. The standard InChI is InChI=1S/C32H33N3O4/c1-32(2,3)31(37)39-21-38-30-27(19-23-12-8-5-9-13-23)34-29-26(18-22-10-6-4-7-11-22)33-28(20-35(29)30)24-14-16-25(36)17-15-24/h4-14,16,20,36H,15,17-19,21H2,1-3H3. The lowest BCUT2D eigenvalue weighted by Gasteiger charge is -2.17. The van der Waals surface area contributed by atoms with Crippen LogP contribution in [0.5, 0.6) is 5.88 Å². The molecule has 1 aliphatic carbocycles. The van der Waals surface area contributed by atoms with Crippen LogP contribution in [0.25, 0.3) is 11.2 Å². The lowest BCUT2D eigenvalue weighted by Crippen LogP contribution is -2.25. The van der Waals surface area contributed by atoms with Crippen molar-refractivity contribution >= 4 is 17.2 Å². The van der Waals surface area contributed by atoms with Crippen LogP contribution in [0.1, 0.15) is 61.8 Å². The number of benzene rings is 2. The fraction of sp³-hybridized carbons (Fsp3) is 0.281. The fourth-order valence-electron chi connectivity index (χ4n) is 4.45. The van der Waals surface area contributed by atoms with Crippen LogP contribution in [0.4, 0.5) is 0 Å². The number of imidazole rings is 1. The third kappa shape index (κ3) is 6.20. The lowest BCUT2D eigenvalue weighted by atomic mass is 9.98. The van der Waals surface area contributed by atoms with Gasteiger partial charge in [0, 0.05) is 25.5 Å². The van der Waals surface area contributed by atoms with Crippen molar-refractivity contribution in [1.29, 1.82) is 0 Å². The topological polar surface area (TPSA) is 86.0 Å². The van der Waals surface area contributed by atoms with Gasteiger partial charge in [-0.2, -0.15) is 0 Å². The summed E-state index contributed by atoms with van der Waals surface area (Å²) in [6.07, 6.45) is 7.93. The molecule has 7 nitrogen and oxygen atoms in total. The Bertz CT molecular complexity index is 1530. The summed E-state index contributed by atoms with van der Waals surface area (Å²) < 4.78 is 13.5. The van der Waals surface area contributed by atoms with Gasteiger partial charge in [0.05, 0.1) is 22.6 Å². The maximum Gasteiger partial charge on any atom is 0.314 e. The second-order valence-electron chi connectivity index (χ2n) is 10.7. The Balaban J connectivity index is 1.61. The Labute approximate surface area is 228 Å². The van der Waals surface area contributed by atoms with Crippen molar-refractivity contribution in [3.05, 3.63) is 113 Å². The quantitative estimate of drug-likeness (QED) is 0.211. The number of carbonyl (C=O) groups is 1. The van der Waals surface area contributed by atoms with Gasteiger partial charge in [-0.05, 0) is 50.0 Å². The number of ether oxygens (including phenoxy) is 2. The maximum atomic E-state index is 12.4. The van der Waals surface area contributed by atoms with Crippen LogP contribution in [0.2, 0.25) is 0 Å². The first-order chi connectivity index (χ1) is 18.8. The zero-order valence-electron chi connectivity index (χ0n) is 22.6. The number of rotatable bonds is 8. The molecule has 0 radical (unpaired) electrons. The van der Waals surface area contributed by atoms with E-state index in [2.05, 4.69) is 12.1 Å². The van der Waals surface area contributed by atoms with Gasteiger partial charge < -0.3 is 14.6 Å². The van der Waals surface area contributed by atoms with Crippen molar-refractivity contribution in [2.45, 2.75) is 46.5 Å². The van der Waals surface area contributed by atoms with Crippen molar-refractivity contribution in [2.24, 2.45) is 5.41 Å². The van der Waals surface area contributed by atoms with E-state index in [1.165, 1.54) is 0 Å². The van der Waals surface area contributed by atoms with Crippen molar-refractivity contribution in [3.8, 4) is 5.88 Å². The molecule has 0 atom stereocenters. The zero-order valence-corrected chi connectivity index (χ0v) is 22.6. The van der Waals surface area contributed by atoms with Gasteiger partial charge in [-0.1, -0.05) is 66.7 Å². The molecule has 2 heterocycles. The largest absolute Gasteiger partial charge is 0.512 e. The molecule has 0 fully saturated rings. The van der Waals surface area contributed by atoms with Crippen LogP contribution in [0, 0.1) is 5.41 Å². The third-order valence-corrected chi connectivity index (χ3v) is 6.58. The van der Waals surface area contributed by atoms with E-state index in [9.17, 15) is 9.90 Å². The molecule has 1 aliphatic rings. The van der Waals surface area contributed by atoms with Crippen LogP contribution < -0.4 is 4.74 Å². The number of nitrogens with zero attached hydrogens (tertiary/aromatic N) is 3. The molecule has 2 aromatic heterocycles. The summed E-state index contributed by atoms with van der Waals surface area (Å²) in [5.74, 6) is 0.539. The Hall–Kier alpha value is -4.39. The van der Waals surface area contributed by atoms with E-state index in [4.69, 9.17) is 19.4 Å². The minimum absolute atomic E-state index is 0.226. The van der Waals surface area contributed by atoms with Gasteiger partial charge in [0.2, 0.25) is 12.7 Å². The molecule has 0 aliphatic heterocycles.